The highest BCUT2D eigenvalue weighted by atomic mass is 32.1. The Hall–Kier alpha value is -0.720. The Morgan fingerprint density at radius 2 is 2.46 bits per heavy atom. The van der Waals surface area contributed by atoms with Gasteiger partial charge in [0.1, 0.15) is 6.61 Å². The topological polar surface area (TPSA) is 67.3 Å². The summed E-state index contributed by atoms with van der Waals surface area (Å²) >= 11 is 1.27. The van der Waals surface area contributed by atoms with E-state index in [1.165, 1.54) is 11.5 Å². The number of ether oxygens (including phenoxy) is 1. The van der Waals surface area contributed by atoms with Crippen LogP contribution < -0.4 is 5.32 Å². The number of nitrogens with zero attached hydrogens (tertiary/aromatic N) is 2. The number of rotatable bonds is 5. The molecule has 6 heteroatoms. The van der Waals surface area contributed by atoms with E-state index >= 15 is 0 Å². The van der Waals surface area contributed by atoms with Crippen LogP contribution in [0.3, 0.4) is 0 Å². The lowest BCUT2D eigenvalue weighted by Crippen LogP contribution is -2.15. The van der Waals surface area contributed by atoms with Gasteiger partial charge in [0.2, 0.25) is 5.13 Å². The highest BCUT2D eigenvalue weighted by molar-refractivity contribution is 7.09. The van der Waals surface area contributed by atoms with Crippen LogP contribution in [0.1, 0.15) is 12.7 Å². The van der Waals surface area contributed by atoms with Crippen molar-refractivity contribution in [3.63, 3.8) is 0 Å². The predicted octanol–water partition coefficient (Wildman–Crippen LogP) is 0.477. The van der Waals surface area contributed by atoms with E-state index in [2.05, 4.69) is 14.7 Å². The first-order valence-electron chi connectivity index (χ1n) is 3.96. The van der Waals surface area contributed by atoms with E-state index in [4.69, 9.17) is 9.84 Å². The van der Waals surface area contributed by atoms with Gasteiger partial charge in [-0.05, 0) is 6.92 Å². The van der Waals surface area contributed by atoms with Gasteiger partial charge in [-0.1, -0.05) is 0 Å². The summed E-state index contributed by atoms with van der Waals surface area (Å²) in [5.41, 5.74) is 0. The molecule has 0 bridgehead atoms. The van der Waals surface area contributed by atoms with Crippen LogP contribution in [-0.4, -0.2) is 34.2 Å². The maximum Gasteiger partial charge on any atom is 0.202 e. The number of anilines is 1. The van der Waals surface area contributed by atoms with Gasteiger partial charge in [0.05, 0.1) is 6.10 Å². The summed E-state index contributed by atoms with van der Waals surface area (Å²) in [6.07, 6.45) is -0.380. The molecule has 0 aliphatic rings. The molecule has 1 unspecified atom stereocenters. The zero-order chi connectivity index (χ0) is 9.68. The Morgan fingerprint density at radius 3 is 3.08 bits per heavy atom. The number of aromatic nitrogens is 2. The molecule has 5 nitrogen and oxygen atoms in total. The average molecular weight is 203 g/mol. The zero-order valence-corrected chi connectivity index (χ0v) is 8.47. The lowest BCUT2D eigenvalue weighted by molar-refractivity contribution is 0.179. The van der Waals surface area contributed by atoms with E-state index in [0.717, 1.165) is 0 Å². The average Bonchev–Trinajstić information content (AvgIpc) is 2.50. The summed E-state index contributed by atoms with van der Waals surface area (Å²) < 4.78 is 8.92. The van der Waals surface area contributed by atoms with Gasteiger partial charge in [-0.2, -0.15) is 4.37 Å². The fourth-order valence-corrected chi connectivity index (χ4v) is 1.33. The standard InChI is InChI=1S/C7H13N3O2S/c1-5(11)3-8-7-9-6(4-12-2)10-13-7/h5,11H,3-4H2,1-2H3,(H,8,9,10). The van der Waals surface area contributed by atoms with Crippen molar-refractivity contribution in [3.8, 4) is 0 Å². The summed E-state index contributed by atoms with van der Waals surface area (Å²) in [6, 6.07) is 0. The van der Waals surface area contributed by atoms with Crippen LogP contribution in [0.2, 0.25) is 0 Å². The molecule has 74 valence electrons. The lowest BCUT2D eigenvalue weighted by Gasteiger charge is -2.02. The van der Waals surface area contributed by atoms with Crippen molar-refractivity contribution in [1.29, 1.82) is 0 Å². The van der Waals surface area contributed by atoms with Crippen molar-refractivity contribution in [2.24, 2.45) is 0 Å². The fraction of sp³-hybridized carbons (Fsp3) is 0.714. The van der Waals surface area contributed by atoms with E-state index in [9.17, 15) is 0 Å². The van der Waals surface area contributed by atoms with Crippen molar-refractivity contribution in [1.82, 2.24) is 9.36 Å². The van der Waals surface area contributed by atoms with E-state index < -0.39 is 0 Å². The first-order chi connectivity index (χ1) is 6.22. The maximum absolute atomic E-state index is 8.99. The fourth-order valence-electron chi connectivity index (χ4n) is 0.749. The number of hydrogen-bond acceptors (Lipinski definition) is 6. The quantitative estimate of drug-likeness (QED) is 0.728. The molecule has 0 aliphatic heterocycles. The van der Waals surface area contributed by atoms with Crippen LogP contribution >= 0.6 is 11.5 Å². The molecule has 2 N–H and O–H groups in total. The molecule has 1 atom stereocenters. The Balaban J connectivity index is 2.39. The molecule has 0 saturated heterocycles. The van der Waals surface area contributed by atoms with E-state index in [-0.39, 0.29) is 6.10 Å². The Labute approximate surface area is 80.9 Å². The monoisotopic (exact) mass is 203 g/mol. The zero-order valence-electron chi connectivity index (χ0n) is 7.65. The van der Waals surface area contributed by atoms with Crippen molar-refractivity contribution in [2.45, 2.75) is 19.6 Å². The van der Waals surface area contributed by atoms with E-state index in [0.29, 0.717) is 24.1 Å². The SMILES string of the molecule is COCc1nsc(NCC(C)O)n1. The molecule has 0 fully saturated rings. The molecule has 0 saturated carbocycles. The molecular formula is C7H13N3O2S. The van der Waals surface area contributed by atoms with Gasteiger partial charge in [0.15, 0.2) is 5.82 Å². The molecule has 1 rings (SSSR count). The number of aliphatic hydroxyl groups excluding tert-OH is 1. The molecule has 1 aromatic heterocycles. The highest BCUT2D eigenvalue weighted by Crippen LogP contribution is 2.10. The molecular weight excluding hydrogens is 190 g/mol. The molecule has 1 heterocycles. The largest absolute Gasteiger partial charge is 0.392 e. The number of methoxy groups -OCH3 is 1. The minimum Gasteiger partial charge on any atom is -0.392 e. The first-order valence-corrected chi connectivity index (χ1v) is 4.73. The lowest BCUT2D eigenvalue weighted by atomic mass is 10.4. The smallest absolute Gasteiger partial charge is 0.202 e. The normalized spacial score (nSPS) is 12.8. The van der Waals surface area contributed by atoms with Gasteiger partial charge in [-0.3, -0.25) is 0 Å². The summed E-state index contributed by atoms with van der Waals surface area (Å²) in [4.78, 5) is 4.13. The highest BCUT2D eigenvalue weighted by Gasteiger charge is 2.03. The van der Waals surface area contributed by atoms with E-state index in [1.54, 1.807) is 14.0 Å². The summed E-state index contributed by atoms with van der Waals surface area (Å²) in [7, 11) is 1.60. The predicted molar refractivity (Wildman–Crippen MR) is 50.8 cm³/mol. The maximum atomic E-state index is 8.99. The van der Waals surface area contributed by atoms with E-state index in [1.807, 2.05) is 0 Å². The third kappa shape index (κ3) is 3.67. The summed E-state index contributed by atoms with van der Waals surface area (Å²) in [6.45, 7) is 2.62. The first kappa shape index (κ1) is 10.4. The minimum absolute atomic E-state index is 0.380. The molecule has 13 heavy (non-hydrogen) atoms. The van der Waals surface area contributed by atoms with Crippen LogP contribution in [0.4, 0.5) is 5.13 Å². The minimum atomic E-state index is -0.380. The van der Waals surface area contributed by atoms with Crippen LogP contribution in [-0.2, 0) is 11.3 Å². The molecule has 0 aromatic carbocycles. The number of nitrogens with one attached hydrogen (secondary N) is 1. The van der Waals surface area contributed by atoms with Gasteiger partial charge >= 0.3 is 0 Å². The molecule has 0 amide bonds. The number of hydrogen-bond donors (Lipinski definition) is 2. The third-order valence-corrected chi connectivity index (χ3v) is 2.00. The van der Waals surface area contributed by atoms with Crippen LogP contribution in [0, 0.1) is 0 Å². The van der Waals surface area contributed by atoms with Crippen LogP contribution in [0.15, 0.2) is 0 Å². The number of aliphatic hydroxyl groups is 1. The summed E-state index contributed by atoms with van der Waals surface area (Å²) in [5.74, 6) is 0.667. The van der Waals surface area contributed by atoms with Crippen molar-refractivity contribution < 1.29 is 9.84 Å². The molecule has 0 spiro atoms. The van der Waals surface area contributed by atoms with Gasteiger partial charge in [0.25, 0.3) is 0 Å². The van der Waals surface area contributed by atoms with Gasteiger partial charge in [-0.15, -0.1) is 0 Å². The van der Waals surface area contributed by atoms with Crippen molar-refractivity contribution >= 4 is 16.7 Å². The molecule has 0 aliphatic carbocycles. The summed E-state index contributed by atoms with van der Waals surface area (Å²) in [5, 5.41) is 12.7. The molecule has 0 radical (unpaired) electrons. The van der Waals surface area contributed by atoms with Crippen molar-refractivity contribution in [2.75, 3.05) is 19.0 Å². The van der Waals surface area contributed by atoms with Crippen LogP contribution in [0.25, 0.3) is 0 Å². The second kappa shape index (κ2) is 5.11. The Bertz CT molecular complexity index is 252. The Kier molecular flexibility index (Phi) is 4.07. The second-order valence-electron chi connectivity index (χ2n) is 2.68. The molecule has 1 aromatic rings. The van der Waals surface area contributed by atoms with Crippen molar-refractivity contribution in [3.05, 3.63) is 5.82 Å². The van der Waals surface area contributed by atoms with Crippen LogP contribution in [0.5, 0.6) is 0 Å². The Morgan fingerprint density at radius 1 is 1.69 bits per heavy atom. The van der Waals surface area contributed by atoms with Gasteiger partial charge in [0, 0.05) is 25.2 Å². The second-order valence-corrected chi connectivity index (χ2v) is 3.43. The van der Waals surface area contributed by atoms with Gasteiger partial charge in [-0.25, -0.2) is 4.98 Å². The third-order valence-electron chi connectivity index (χ3n) is 1.29. The van der Waals surface area contributed by atoms with Gasteiger partial charge < -0.3 is 15.2 Å².